The SMILES string of the molecule is O=[N+]([O-])c1ccn(C(F)(F)C(F)OC(F)(F)F)n1. The number of nitrogens with zero attached hydrogens (tertiary/aromatic N) is 3. The van der Waals surface area contributed by atoms with E-state index in [1.807, 2.05) is 0 Å². The van der Waals surface area contributed by atoms with E-state index in [9.17, 15) is 36.5 Å². The Morgan fingerprint density at radius 2 is 1.94 bits per heavy atom. The van der Waals surface area contributed by atoms with Crippen LogP contribution >= 0.6 is 0 Å². The first-order chi connectivity index (χ1) is 8.04. The summed E-state index contributed by atoms with van der Waals surface area (Å²) in [6.07, 6.45) is -9.45. The molecular weight excluding hydrogens is 276 g/mol. The Morgan fingerprint density at radius 3 is 2.33 bits per heavy atom. The molecule has 1 aromatic rings. The van der Waals surface area contributed by atoms with Crippen molar-refractivity contribution in [1.82, 2.24) is 9.78 Å². The predicted octanol–water partition coefficient (Wildman–Crippen LogP) is 2.17. The Hall–Kier alpha value is -1.85. The van der Waals surface area contributed by atoms with E-state index < -0.39 is 34.2 Å². The molecule has 0 saturated heterocycles. The van der Waals surface area contributed by atoms with Gasteiger partial charge in [-0.25, -0.2) is 9.13 Å². The highest BCUT2D eigenvalue weighted by molar-refractivity contribution is 5.14. The Balaban J connectivity index is 2.93. The van der Waals surface area contributed by atoms with Crippen molar-refractivity contribution in [3.8, 4) is 0 Å². The van der Waals surface area contributed by atoms with Gasteiger partial charge in [0.1, 0.15) is 0 Å². The zero-order valence-corrected chi connectivity index (χ0v) is 8.07. The molecule has 1 rings (SSSR count). The molecular formula is C6H3F6N3O3. The van der Waals surface area contributed by atoms with Gasteiger partial charge in [-0.3, -0.25) is 0 Å². The fourth-order valence-corrected chi connectivity index (χ4v) is 0.870. The topological polar surface area (TPSA) is 70.2 Å². The molecule has 6 nitrogen and oxygen atoms in total. The average Bonchev–Trinajstić information content (AvgIpc) is 2.63. The zero-order chi connectivity index (χ0) is 14.1. The van der Waals surface area contributed by atoms with Crippen LogP contribution in [0.4, 0.5) is 32.2 Å². The molecule has 0 amide bonds. The number of ether oxygens (including phenoxy) is 1. The fraction of sp³-hybridized carbons (Fsp3) is 0.500. The van der Waals surface area contributed by atoms with Gasteiger partial charge in [0.15, 0.2) is 0 Å². The Morgan fingerprint density at radius 1 is 1.39 bits per heavy atom. The zero-order valence-electron chi connectivity index (χ0n) is 8.07. The quantitative estimate of drug-likeness (QED) is 0.481. The number of rotatable bonds is 4. The minimum atomic E-state index is -5.62. The van der Waals surface area contributed by atoms with Crippen molar-refractivity contribution >= 4 is 5.82 Å². The maximum atomic E-state index is 13.0. The average molecular weight is 279 g/mol. The normalized spacial score (nSPS) is 14.6. The Kier molecular flexibility index (Phi) is 3.50. The summed E-state index contributed by atoms with van der Waals surface area (Å²) in [5.41, 5.74) is 0. The lowest BCUT2D eigenvalue weighted by Gasteiger charge is -2.19. The van der Waals surface area contributed by atoms with Gasteiger partial charge in [0.05, 0.1) is 17.4 Å². The second-order valence-corrected chi connectivity index (χ2v) is 2.84. The van der Waals surface area contributed by atoms with Crippen molar-refractivity contribution in [3.05, 3.63) is 22.4 Å². The molecule has 1 unspecified atom stereocenters. The first-order valence-corrected chi connectivity index (χ1v) is 4.01. The molecule has 1 heterocycles. The van der Waals surface area contributed by atoms with E-state index in [4.69, 9.17) is 0 Å². The van der Waals surface area contributed by atoms with Crippen LogP contribution in [0.25, 0.3) is 0 Å². The second kappa shape index (κ2) is 4.44. The molecule has 0 aliphatic rings. The lowest BCUT2D eigenvalue weighted by molar-refractivity contribution is -0.403. The molecule has 0 saturated carbocycles. The van der Waals surface area contributed by atoms with E-state index in [-0.39, 0.29) is 6.20 Å². The minimum absolute atomic E-state index is 0.254. The van der Waals surface area contributed by atoms with Crippen LogP contribution in [0.1, 0.15) is 0 Å². The summed E-state index contributed by atoms with van der Waals surface area (Å²) in [6.45, 7) is 0. The smallest absolute Gasteiger partial charge is 0.358 e. The largest absolute Gasteiger partial charge is 0.525 e. The van der Waals surface area contributed by atoms with Gasteiger partial charge in [-0.15, -0.1) is 17.9 Å². The van der Waals surface area contributed by atoms with Crippen LogP contribution in [0.2, 0.25) is 0 Å². The van der Waals surface area contributed by atoms with Gasteiger partial charge >= 0.3 is 18.2 Å². The number of nitro groups is 1. The van der Waals surface area contributed by atoms with Crippen LogP contribution in [0.5, 0.6) is 0 Å². The van der Waals surface area contributed by atoms with Crippen molar-refractivity contribution in [2.45, 2.75) is 18.8 Å². The molecule has 18 heavy (non-hydrogen) atoms. The Bertz CT molecular complexity index is 444. The molecule has 0 aromatic carbocycles. The predicted molar refractivity (Wildman–Crippen MR) is 41.1 cm³/mol. The van der Waals surface area contributed by atoms with Gasteiger partial charge in [-0.05, 0) is 4.92 Å². The number of halogens is 6. The standard InChI is InChI=1S/C6H3F6N3O3/c7-4(18-6(10,11)12)5(8,9)14-2-1-3(13-14)15(16)17/h1-2,4H. The maximum Gasteiger partial charge on any atom is 0.525 e. The van der Waals surface area contributed by atoms with E-state index >= 15 is 0 Å². The monoisotopic (exact) mass is 279 g/mol. The summed E-state index contributed by atoms with van der Waals surface area (Å²) in [5.74, 6) is -1.08. The summed E-state index contributed by atoms with van der Waals surface area (Å²) < 4.78 is 75.2. The van der Waals surface area contributed by atoms with Crippen molar-refractivity contribution in [2.75, 3.05) is 0 Å². The van der Waals surface area contributed by atoms with Crippen LogP contribution < -0.4 is 0 Å². The highest BCUT2D eigenvalue weighted by atomic mass is 19.4. The molecule has 12 heteroatoms. The van der Waals surface area contributed by atoms with Crippen LogP contribution in [-0.4, -0.2) is 27.4 Å². The minimum Gasteiger partial charge on any atom is -0.358 e. The van der Waals surface area contributed by atoms with Crippen molar-refractivity contribution in [1.29, 1.82) is 0 Å². The molecule has 0 aliphatic carbocycles. The van der Waals surface area contributed by atoms with Gasteiger partial charge in [0.2, 0.25) is 0 Å². The molecule has 0 spiro atoms. The highest BCUT2D eigenvalue weighted by Crippen LogP contribution is 2.33. The van der Waals surface area contributed by atoms with Crippen LogP contribution in [0.3, 0.4) is 0 Å². The molecule has 0 aliphatic heterocycles. The van der Waals surface area contributed by atoms with Gasteiger partial charge < -0.3 is 10.1 Å². The van der Waals surface area contributed by atoms with Gasteiger partial charge in [-0.2, -0.15) is 8.78 Å². The summed E-state index contributed by atoms with van der Waals surface area (Å²) in [4.78, 5) is 8.94. The maximum absolute atomic E-state index is 13.0. The summed E-state index contributed by atoms with van der Waals surface area (Å²) in [6, 6.07) is -4.38. The summed E-state index contributed by atoms with van der Waals surface area (Å²) >= 11 is 0. The van der Waals surface area contributed by atoms with E-state index in [0.717, 1.165) is 0 Å². The number of aromatic nitrogens is 2. The highest BCUT2D eigenvalue weighted by Gasteiger charge is 2.52. The molecule has 1 aromatic heterocycles. The molecule has 102 valence electrons. The van der Waals surface area contributed by atoms with E-state index in [1.165, 1.54) is 0 Å². The first kappa shape index (κ1) is 14.2. The van der Waals surface area contributed by atoms with Crippen molar-refractivity contribution < 1.29 is 36.0 Å². The molecule has 0 fully saturated rings. The molecule has 0 N–H and O–H groups in total. The molecule has 1 atom stereocenters. The third-order valence-electron chi connectivity index (χ3n) is 1.58. The van der Waals surface area contributed by atoms with E-state index in [2.05, 4.69) is 9.84 Å². The van der Waals surface area contributed by atoms with Crippen LogP contribution in [-0.2, 0) is 10.8 Å². The lowest BCUT2D eigenvalue weighted by atomic mass is 10.5. The van der Waals surface area contributed by atoms with Crippen LogP contribution in [0.15, 0.2) is 12.3 Å². The van der Waals surface area contributed by atoms with Gasteiger partial charge in [-0.1, -0.05) is 0 Å². The van der Waals surface area contributed by atoms with Crippen molar-refractivity contribution in [2.24, 2.45) is 0 Å². The van der Waals surface area contributed by atoms with Gasteiger partial charge in [0.25, 0.3) is 6.36 Å². The number of hydrogen-bond acceptors (Lipinski definition) is 4. The van der Waals surface area contributed by atoms with E-state index in [0.29, 0.717) is 6.07 Å². The third-order valence-corrected chi connectivity index (χ3v) is 1.58. The molecule has 0 radical (unpaired) electrons. The number of alkyl halides is 6. The number of hydrogen-bond donors (Lipinski definition) is 0. The Labute approximate surface area is 93.9 Å². The fourth-order valence-electron chi connectivity index (χ4n) is 0.870. The summed E-state index contributed by atoms with van der Waals surface area (Å²) in [7, 11) is 0. The van der Waals surface area contributed by atoms with Gasteiger partial charge in [0, 0.05) is 0 Å². The van der Waals surface area contributed by atoms with Crippen LogP contribution in [0, 0.1) is 10.1 Å². The van der Waals surface area contributed by atoms with E-state index in [1.54, 1.807) is 0 Å². The molecule has 0 bridgehead atoms. The second-order valence-electron chi connectivity index (χ2n) is 2.84. The first-order valence-electron chi connectivity index (χ1n) is 4.01. The van der Waals surface area contributed by atoms with Crippen molar-refractivity contribution in [3.63, 3.8) is 0 Å². The third kappa shape index (κ3) is 3.09. The summed E-state index contributed by atoms with van der Waals surface area (Å²) in [5, 5.41) is 12.7. The lowest BCUT2D eigenvalue weighted by Crippen LogP contribution is -2.39.